The SMILES string of the molecule is Nc1c([N+](=O)[O-])ccc(F)c1C(=O)NN1CCCCC1. The smallest absolute Gasteiger partial charge is 0.293 e. The fourth-order valence-corrected chi connectivity index (χ4v) is 2.18. The van der Waals surface area contributed by atoms with E-state index in [0.717, 1.165) is 31.4 Å². The molecular weight excluding hydrogens is 267 g/mol. The lowest BCUT2D eigenvalue weighted by Crippen LogP contribution is -2.45. The van der Waals surface area contributed by atoms with Gasteiger partial charge < -0.3 is 5.73 Å². The molecule has 1 aliphatic rings. The molecule has 7 nitrogen and oxygen atoms in total. The molecule has 1 aromatic rings. The van der Waals surface area contributed by atoms with Gasteiger partial charge in [0, 0.05) is 19.2 Å². The maximum Gasteiger partial charge on any atom is 0.293 e. The van der Waals surface area contributed by atoms with E-state index in [1.54, 1.807) is 5.01 Å². The summed E-state index contributed by atoms with van der Waals surface area (Å²) in [4.78, 5) is 22.0. The minimum atomic E-state index is -0.873. The van der Waals surface area contributed by atoms with E-state index in [-0.39, 0.29) is 0 Å². The fourth-order valence-electron chi connectivity index (χ4n) is 2.18. The Morgan fingerprint density at radius 3 is 2.60 bits per heavy atom. The molecular formula is C12H15FN4O3. The van der Waals surface area contributed by atoms with E-state index in [2.05, 4.69) is 5.43 Å². The highest BCUT2D eigenvalue weighted by atomic mass is 19.1. The highest BCUT2D eigenvalue weighted by molar-refractivity contribution is 6.01. The van der Waals surface area contributed by atoms with Gasteiger partial charge in [0.05, 0.1) is 4.92 Å². The van der Waals surface area contributed by atoms with Gasteiger partial charge in [0.25, 0.3) is 11.6 Å². The van der Waals surface area contributed by atoms with Crippen molar-refractivity contribution in [3.05, 3.63) is 33.6 Å². The molecule has 0 aromatic heterocycles. The molecule has 0 aliphatic carbocycles. The number of nitrogens with two attached hydrogens (primary N) is 1. The van der Waals surface area contributed by atoms with Crippen molar-refractivity contribution in [1.82, 2.24) is 10.4 Å². The van der Waals surface area contributed by atoms with Gasteiger partial charge >= 0.3 is 0 Å². The second kappa shape index (κ2) is 5.83. The van der Waals surface area contributed by atoms with Gasteiger partial charge in [-0.25, -0.2) is 9.40 Å². The first-order valence-corrected chi connectivity index (χ1v) is 6.29. The molecule has 1 aromatic carbocycles. The summed E-state index contributed by atoms with van der Waals surface area (Å²) < 4.78 is 13.7. The van der Waals surface area contributed by atoms with E-state index >= 15 is 0 Å². The standard InChI is InChI=1S/C12H15FN4O3/c13-8-4-5-9(17(19)20)11(14)10(8)12(18)15-16-6-2-1-3-7-16/h4-5H,1-3,6-7,14H2,(H,15,18). The lowest BCUT2D eigenvalue weighted by atomic mass is 10.1. The number of anilines is 1. The number of benzene rings is 1. The molecule has 0 atom stereocenters. The van der Waals surface area contributed by atoms with Crippen molar-refractivity contribution in [2.75, 3.05) is 18.8 Å². The number of nitro groups is 1. The number of nitrogen functional groups attached to an aromatic ring is 1. The molecule has 1 saturated heterocycles. The molecule has 0 saturated carbocycles. The van der Waals surface area contributed by atoms with Gasteiger partial charge in [-0.15, -0.1) is 0 Å². The molecule has 0 unspecified atom stereocenters. The summed E-state index contributed by atoms with van der Waals surface area (Å²) in [6, 6.07) is 1.82. The lowest BCUT2D eigenvalue weighted by Gasteiger charge is -2.27. The average molecular weight is 282 g/mol. The minimum Gasteiger partial charge on any atom is -0.392 e. The summed E-state index contributed by atoms with van der Waals surface area (Å²) in [5, 5.41) is 12.4. The summed E-state index contributed by atoms with van der Waals surface area (Å²) in [7, 11) is 0. The Morgan fingerprint density at radius 1 is 1.35 bits per heavy atom. The third kappa shape index (κ3) is 2.85. The van der Waals surface area contributed by atoms with Crippen molar-refractivity contribution in [2.45, 2.75) is 19.3 Å². The molecule has 108 valence electrons. The summed E-state index contributed by atoms with van der Waals surface area (Å²) in [6.45, 7) is 1.34. The monoisotopic (exact) mass is 282 g/mol. The van der Waals surface area contributed by atoms with Gasteiger partial charge in [0.1, 0.15) is 17.1 Å². The van der Waals surface area contributed by atoms with Gasteiger partial charge in [-0.1, -0.05) is 6.42 Å². The van der Waals surface area contributed by atoms with E-state index < -0.39 is 33.6 Å². The van der Waals surface area contributed by atoms with Crippen molar-refractivity contribution in [1.29, 1.82) is 0 Å². The topological polar surface area (TPSA) is 101 Å². The van der Waals surface area contributed by atoms with Crippen molar-refractivity contribution in [3.63, 3.8) is 0 Å². The van der Waals surface area contributed by atoms with Gasteiger partial charge in [-0.3, -0.25) is 20.3 Å². The van der Waals surface area contributed by atoms with Crippen LogP contribution < -0.4 is 11.2 Å². The van der Waals surface area contributed by atoms with Crippen molar-refractivity contribution in [2.24, 2.45) is 0 Å². The number of hydrogen-bond acceptors (Lipinski definition) is 5. The summed E-state index contributed by atoms with van der Waals surface area (Å²) >= 11 is 0. The molecule has 20 heavy (non-hydrogen) atoms. The molecule has 1 amide bonds. The van der Waals surface area contributed by atoms with Crippen LogP contribution in [0.15, 0.2) is 12.1 Å². The number of nitrogens with one attached hydrogen (secondary N) is 1. The van der Waals surface area contributed by atoms with Gasteiger partial charge in [0.2, 0.25) is 0 Å². The molecule has 0 spiro atoms. The van der Waals surface area contributed by atoms with Crippen LogP contribution >= 0.6 is 0 Å². The van der Waals surface area contributed by atoms with Crippen molar-refractivity contribution < 1.29 is 14.1 Å². The molecule has 8 heteroatoms. The number of nitro benzene ring substituents is 1. The first-order valence-electron chi connectivity index (χ1n) is 6.29. The quantitative estimate of drug-likeness (QED) is 0.496. The highest BCUT2D eigenvalue weighted by Gasteiger charge is 2.25. The molecule has 3 N–H and O–H groups in total. The first-order chi connectivity index (χ1) is 9.50. The Labute approximate surface area is 114 Å². The molecule has 0 radical (unpaired) electrons. The highest BCUT2D eigenvalue weighted by Crippen LogP contribution is 2.27. The van der Waals surface area contributed by atoms with Crippen LogP contribution in [-0.4, -0.2) is 28.9 Å². The van der Waals surface area contributed by atoms with E-state index in [4.69, 9.17) is 5.73 Å². The van der Waals surface area contributed by atoms with Crippen LogP contribution in [0.5, 0.6) is 0 Å². The lowest BCUT2D eigenvalue weighted by molar-refractivity contribution is -0.384. The Bertz CT molecular complexity index is 544. The number of hydrazine groups is 1. The second-order valence-electron chi connectivity index (χ2n) is 4.60. The average Bonchev–Trinajstić information content (AvgIpc) is 2.39. The van der Waals surface area contributed by atoms with Gasteiger partial charge in [-0.2, -0.15) is 0 Å². The first kappa shape index (κ1) is 14.2. The van der Waals surface area contributed by atoms with E-state index in [1.807, 2.05) is 0 Å². The summed E-state index contributed by atoms with van der Waals surface area (Å²) in [5.41, 5.74) is 6.65. The molecule has 1 aliphatic heterocycles. The van der Waals surface area contributed by atoms with Crippen LogP contribution in [-0.2, 0) is 0 Å². The van der Waals surface area contributed by atoms with E-state index in [0.29, 0.717) is 13.1 Å². The number of halogens is 1. The zero-order chi connectivity index (χ0) is 14.7. The van der Waals surface area contributed by atoms with Crippen molar-refractivity contribution >= 4 is 17.3 Å². The number of piperidine rings is 1. The van der Waals surface area contributed by atoms with Gasteiger partial charge in [-0.05, 0) is 18.9 Å². The number of amides is 1. The minimum absolute atomic E-state index is 0.454. The summed E-state index contributed by atoms with van der Waals surface area (Å²) in [5.74, 6) is -1.63. The van der Waals surface area contributed by atoms with E-state index in [1.165, 1.54) is 0 Å². The Hall–Kier alpha value is -2.22. The Morgan fingerprint density at radius 2 is 2.00 bits per heavy atom. The third-order valence-corrected chi connectivity index (χ3v) is 3.21. The maximum atomic E-state index is 13.7. The zero-order valence-corrected chi connectivity index (χ0v) is 10.8. The predicted octanol–water partition coefficient (Wildman–Crippen LogP) is 1.45. The van der Waals surface area contributed by atoms with Crippen LogP contribution in [0.25, 0.3) is 0 Å². The fraction of sp³-hybridized carbons (Fsp3) is 0.417. The number of carbonyl (C=O) groups excluding carboxylic acids is 1. The maximum absolute atomic E-state index is 13.7. The Balaban J connectivity index is 2.24. The second-order valence-corrected chi connectivity index (χ2v) is 4.60. The normalized spacial score (nSPS) is 15.8. The van der Waals surface area contributed by atoms with Crippen LogP contribution in [0.4, 0.5) is 15.8 Å². The number of carbonyl (C=O) groups is 1. The zero-order valence-electron chi connectivity index (χ0n) is 10.8. The van der Waals surface area contributed by atoms with Crippen LogP contribution in [0.1, 0.15) is 29.6 Å². The molecule has 2 rings (SSSR count). The number of nitrogens with zero attached hydrogens (tertiary/aromatic N) is 2. The number of hydrogen-bond donors (Lipinski definition) is 2. The molecule has 1 fully saturated rings. The molecule has 1 heterocycles. The van der Waals surface area contributed by atoms with Crippen LogP contribution in [0, 0.1) is 15.9 Å². The van der Waals surface area contributed by atoms with Crippen molar-refractivity contribution in [3.8, 4) is 0 Å². The van der Waals surface area contributed by atoms with Crippen LogP contribution in [0.2, 0.25) is 0 Å². The largest absolute Gasteiger partial charge is 0.392 e. The van der Waals surface area contributed by atoms with Crippen LogP contribution in [0.3, 0.4) is 0 Å². The Kier molecular flexibility index (Phi) is 4.14. The van der Waals surface area contributed by atoms with Gasteiger partial charge in [0.15, 0.2) is 0 Å². The predicted molar refractivity (Wildman–Crippen MR) is 70.4 cm³/mol. The third-order valence-electron chi connectivity index (χ3n) is 3.21. The molecule has 0 bridgehead atoms. The van der Waals surface area contributed by atoms with E-state index in [9.17, 15) is 19.3 Å². The number of rotatable bonds is 3. The summed E-state index contributed by atoms with van der Waals surface area (Å²) in [6.07, 6.45) is 2.96.